The molecule has 0 saturated carbocycles. The minimum Gasteiger partial charge on any atom is -0.207 e. The first-order chi connectivity index (χ1) is 8.61. The Labute approximate surface area is 110 Å². The van der Waals surface area contributed by atoms with Gasteiger partial charge in [-0.3, -0.25) is 0 Å². The van der Waals surface area contributed by atoms with E-state index in [0.717, 1.165) is 0 Å². The molecule has 0 saturated heterocycles. The van der Waals surface area contributed by atoms with Crippen molar-refractivity contribution in [2.24, 2.45) is 0 Å². The third-order valence-electron chi connectivity index (χ3n) is 2.50. The largest absolute Gasteiger partial charge is 0.207 e. The highest BCUT2D eigenvalue weighted by Crippen LogP contribution is 2.03. The SMILES string of the molecule is CC.Cc1ccccc1C.Cc1ccccc1F. The molecule has 1 heteroatoms. The van der Waals surface area contributed by atoms with E-state index in [0.29, 0.717) is 5.56 Å². The molecule has 18 heavy (non-hydrogen) atoms. The van der Waals surface area contributed by atoms with Crippen LogP contribution in [0.15, 0.2) is 48.5 Å². The highest BCUT2D eigenvalue weighted by Gasteiger charge is 1.88. The van der Waals surface area contributed by atoms with Gasteiger partial charge >= 0.3 is 0 Å². The number of rotatable bonds is 0. The van der Waals surface area contributed by atoms with Gasteiger partial charge in [0.15, 0.2) is 0 Å². The Kier molecular flexibility index (Phi) is 8.55. The van der Waals surface area contributed by atoms with E-state index in [-0.39, 0.29) is 5.82 Å². The lowest BCUT2D eigenvalue weighted by atomic mass is 10.1. The highest BCUT2D eigenvalue weighted by molar-refractivity contribution is 5.23. The average molecular weight is 246 g/mol. The lowest BCUT2D eigenvalue weighted by molar-refractivity contribution is 0.618. The van der Waals surface area contributed by atoms with Gasteiger partial charge in [-0.1, -0.05) is 56.3 Å². The predicted octanol–water partition coefficient (Wildman–Crippen LogP) is 5.46. The fourth-order valence-electron chi connectivity index (χ4n) is 1.21. The molecule has 0 aliphatic carbocycles. The van der Waals surface area contributed by atoms with Gasteiger partial charge in [0.25, 0.3) is 0 Å². The molecular weight excluding hydrogens is 223 g/mol. The first-order valence-electron chi connectivity index (χ1n) is 6.34. The van der Waals surface area contributed by atoms with E-state index in [1.807, 2.05) is 19.9 Å². The van der Waals surface area contributed by atoms with Crippen molar-refractivity contribution in [2.75, 3.05) is 0 Å². The van der Waals surface area contributed by atoms with E-state index in [4.69, 9.17) is 0 Å². The molecule has 0 fully saturated rings. The van der Waals surface area contributed by atoms with E-state index >= 15 is 0 Å². The Morgan fingerprint density at radius 1 is 0.611 bits per heavy atom. The number of aryl methyl sites for hydroxylation is 3. The van der Waals surface area contributed by atoms with E-state index in [1.165, 1.54) is 17.2 Å². The molecule has 0 spiro atoms. The summed E-state index contributed by atoms with van der Waals surface area (Å²) in [6, 6.07) is 15.1. The minimum atomic E-state index is -0.132. The second kappa shape index (κ2) is 9.41. The van der Waals surface area contributed by atoms with Gasteiger partial charge in [-0.25, -0.2) is 4.39 Å². The van der Waals surface area contributed by atoms with Gasteiger partial charge in [-0.05, 0) is 43.5 Å². The maximum Gasteiger partial charge on any atom is 0.126 e. The van der Waals surface area contributed by atoms with Gasteiger partial charge in [-0.2, -0.15) is 0 Å². The lowest BCUT2D eigenvalue weighted by Gasteiger charge is -1.93. The Balaban J connectivity index is 0.000000283. The molecule has 0 unspecified atom stereocenters. The Morgan fingerprint density at radius 3 is 1.17 bits per heavy atom. The van der Waals surface area contributed by atoms with Crippen molar-refractivity contribution in [1.82, 2.24) is 0 Å². The summed E-state index contributed by atoms with van der Waals surface area (Å²) in [6.07, 6.45) is 0. The summed E-state index contributed by atoms with van der Waals surface area (Å²) < 4.78 is 12.3. The van der Waals surface area contributed by atoms with Crippen LogP contribution in [0.2, 0.25) is 0 Å². The van der Waals surface area contributed by atoms with Crippen LogP contribution in [0.1, 0.15) is 30.5 Å². The molecule has 0 radical (unpaired) electrons. The standard InChI is InChI=1S/C8H10.C7H7F.C2H6/c1-7-5-3-4-6-8(7)2;1-6-4-2-3-5-7(6)8;1-2/h3-6H,1-2H3;2-5H,1H3;1-2H3. The minimum absolute atomic E-state index is 0.132. The summed E-state index contributed by atoms with van der Waals surface area (Å²) in [5.41, 5.74) is 3.44. The normalized spacial score (nSPS) is 8.56. The van der Waals surface area contributed by atoms with Crippen molar-refractivity contribution in [3.63, 3.8) is 0 Å². The van der Waals surface area contributed by atoms with Gasteiger partial charge < -0.3 is 0 Å². The zero-order valence-corrected chi connectivity index (χ0v) is 12.0. The van der Waals surface area contributed by atoms with E-state index in [9.17, 15) is 4.39 Å². The molecule has 2 aromatic carbocycles. The van der Waals surface area contributed by atoms with Crippen LogP contribution in [-0.4, -0.2) is 0 Å². The second-order valence-corrected chi connectivity index (χ2v) is 3.83. The number of hydrogen-bond donors (Lipinski definition) is 0. The Morgan fingerprint density at radius 2 is 0.944 bits per heavy atom. The molecular formula is C17H23F. The second-order valence-electron chi connectivity index (χ2n) is 3.83. The molecule has 0 bridgehead atoms. The average Bonchev–Trinajstić information content (AvgIpc) is 2.40. The fourth-order valence-corrected chi connectivity index (χ4v) is 1.21. The van der Waals surface area contributed by atoms with Crippen LogP contribution in [-0.2, 0) is 0 Å². The van der Waals surface area contributed by atoms with Gasteiger partial charge in [0.05, 0.1) is 0 Å². The van der Waals surface area contributed by atoms with Crippen molar-refractivity contribution < 1.29 is 4.39 Å². The Hall–Kier alpha value is -1.63. The molecule has 0 aromatic heterocycles. The maximum atomic E-state index is 12.3. The van der Waals surface area contributed by atoms with Crippen LogP contribution in [0, 0.1) is 26.6 Å². The summed E-state index contributed by atoms with van der Waals surface area (Å²) in [6.45, 7) is 9.99. The van der Waals surface area contributed by atoms with Crippen molar-refractivity contribution in [2.45, 2.75) is 34.6 Å². The molecule has 0 aliphatic rings. The molecule has 0 atom stereocenters. The molecule has 2 rings (SSSR count). The van der Waals surface area contributed by atoms with Gasteiger partial charge in [0.2, 0.25) is 0 Å². The van der Waals surface area contributed by atoms with Crippen LogP contribution >= 0.6 is 0 Å². The number of hydrogen-bond acceptors (Lipinski definition) is 0. The van der Waals surface area contributed by atoms with Gasteiger partial charge in [0, 0.05) is 0 Å². The number of halogens is 1. The summed E-state index contributed by atoms with van der Waals surface area (Å²) in [4.78, 5) is 0. The first kappa shape index (κ1) is 16.4. The quantitative estimate of drug-likeness (QED) is 0.578. The van der Waals surface area contributed by atoms with E-state index in [1.54, 1.807) is 19.1 Å². The van der Waals surface area contributed by atoms with Crippen LogP contribution < -0.4 is 0 Å². The van der Waals surface area contributed by atoms with Crippen molar-refractivity contribution in [3.05, 3.63) is 71.0 Å². The van der Waals surface area contributed by atoms with Crippen LogP contribution in [0.4, 0.5) is 4.39 Å². The van der Waals surface area contributed by atoms with Crippen LogP contribution in [0.3, 0.4) is 0 Å². The third-order valence-corrected chi connectivity index (χ3v) is 2.50. The summed E-state index contributed by atoms with van der Waals surface area (Å²) >= 11 is 0. The molecule has 0 heterocycles. The maximum absolute atomic E-state index is 12.3. The summed E-state index contributed by atoms with van der Waals surface area (Å²) in [7, 11) is 0. The first-order valence-corrected chi connectivity index (χ1v) is 6.34. The molecule has 0 N–H and O–H groups in total. The third kappa shape index (κ3) is 6.19. The number of benzene rings is 2. The molecule has 0 aliphatic heterocycles. The summed E-state index contributed by atoms with van der Waals surface area (Å²) in [5.74, 6) is -0.132. The van der Waals surface area contributed by atoms with Gasteiger partial charge in [-0.15, -0.1) is 0 Å². The topological polar surface area (TPSA) is 0 Å². The van der Waals surface area contributed by atoms with Crippen LogP contribution in [0.25, 0.3) is 0 Å². The zero-order chi connectivity index (χ0) is 14.0. The Bertz CT molecular complexity index is 361. The van der Waals surface area contributed by atoms with Crippen molar-refractivity contribution >= 4 is 0 Å². The molecule has 98 valence electrons. The lowest BCUT2D eigenvalue weighted by Crippen LogP contribution is -1.76. The smallest absolute Gasteiger partial charge is 0.126 e. The molecule has 0 amide bonds. The zero-order valence-electron chi connectivity index (χ0n) is 12.0. The molecule has 0 nitrogen and oxygen atoms in total. The van der Waals surface area contributed by atoms with Gasteiger partial charge in [0.1, 0.15) is 5.82 Å². The van der Waals surface area contributed by atoms with Crippen LogP contribution in [0.5, 0.6) is 0 Å². The van der Waals surface area contributed by atoms with Crippen molar-refractivity contribution in [3.8, 4) is 0 Å². The predicted molar refractivity (Wildman–Crippen MR) is 78.4 cm³/mol. The van der Waals surface area contributed by atoms with E-state index < -0.39 is 0 Å². The summed E-state index contributed by atoms with van der Waals surface area (Å²) in [5, 5.41) is 0. The monoisotopic (exact) mass is 246 g/mol. The fraction of sp³-hybridized carbons (Fsp3) is 0.294. The van der Waals surface area contributed by atoms with E-state index in [2.05, 4.69) is 38.1 Å². The molecule has 2 aromatic rings. The highest BCUT2D eigenvalue weighted by atomic mass is 19.1. The van der Waals surface area contributed by atoms with Crippen molar-refractivity contribution in [1.29, 1.82) is 0 Å².